The number of aromatic nitrogens is 4. The van der Waals surface area contributed by atoms with E-state index in [-0.39, 0.29) is 6.03 Å². The molecule has 1 aromatic carbocycles. The van der Waals surface area contributed by atoms with E-state index in [9.17, 15) is 4.79 Å². The van der Waals surface area contributed by atoms with Gasteiger partial charge in [0, 0.05) is 31.0 Å². The molecule has 0 radical (unpaired) electrons. The van der Waals surface area contributed by atoms with Crippen LogP contribution in [-0.2, 0) is 0 Å². The minimum Gasteiger partial charge on any atom is -0.355 e. The number of fused-ring (bicyclic) bond motifs is 1. The molecule has 2 amide bonds. The van der Waals surface area contributed by atoms with Crippen molar-refractivity contribution in [2.24, 2.45) is 0 Å². The van der Waals surface area contributed by atoms with E-state index < -0.39 is 0 Å². The molecular formula is C16H19N7O. The van der Waals surface area contributed by atoms with Gasteiger partial charge < -0.3 is 15.6 Å². The third-order valence-electron chi connectivity index (χ3n) is 3.37. The Morgan fingerprint density at radius 3 is 2.62 bits per heavy atom. The van der Waals surface area contributed by atoms with Gasteiger partial charge in [0.1, 0.15) is 0 Å². The standard InChI is InChI=1S/C16H19N7O/c1-3-17-14-19-8-11(9-20-14)10-5-6-12-13(7-10)22-15(21-12)23-16(24)18-4-2/h5-9H,3-4H2,1-2H3,(H,17,19,20)(H3,18,21,22,23,24). The van der Waals surface area contributed by atoms with Crippen molar-refractivity contribution in [1.82, 2.24) is 25.3 Å². The van der Waals surface area contributed by atoms with E-state index in [0.29, 0.717) is 18.4 Å². The van der Waals surface area contributed by atoms with E-state index in [4.69, 9.17) is 0 Å². The Morgan fingerprint density at radius 1 is 1.12 bits per heavy atom. The molecule has 0 unspecified atom stereocenters. The highest BCUT2D eigenvalue weighted by Gasteiger charge is 2.08. The minimum atomic E-state index is -0.288. The number of H-pyrrole nitrogens is 1. The van der Waals surface area contributed by atoms with Crippen molar-refractivity contribution in [3.63, 3.8) is 0 Å². The Labute approximate surface area is 139 Å². The fraction of sp³-hybridized carbons (Fsp3) is 0.250. The van der Waals surface area contributed by atoms with Gasteiger partial charge in [-0.15, -0.1) is 0 Å². The van der Waals surface area contributed by atoms with Crippen molar-refractivity contribution in [1.29, 1.82) is 0 Å². The molecule has 0 saturated heterocycles. The second-order valence-corrected chi connectivity index (χ2v) is 5.13. The summed E-state index contributed by atoms with van der Waals surface area (Å²) in [6, 6.07) is 5.52. The van der Waals surface area contributed by atoms with Gasteiger partial charge in [0.2, 0.25) is 11.9 Å². The Morgan fingerprint density at radius 2 is 1.92 bits per heavy atom. The van der Waals surface area contributed by atoms with Crippen LogP contribution in [0.2, 0.25) is 0 Å². The van der Waals surface area contributed by atoms with Crippen LogP contribution in [0.4, 0.5) is 16.7 Å². The van der Waals surface area contributed by atoms with Crippen molar-refractivity contribution >= 4 is 29.0 Å². The minimum absolute atomic E-state index is 0.288. The first kappa shape index (κ1) is 15.7. The summed E-state index contributed by atoms with van der Waals surface area (Å²) in [6.07, 6.45) is 3.54. The van der Waals surface area contributed by atoms with Gasteiger partial charge in [-0.1, -0.05) is 6.07 Å². The first-order valence-electron chi connectivity index (χ1n) is 7.80. The highest BCUT2D eigenvalue weighted by Crippen LogP contribution is 2.23. The SMILES string of the molecule is CCNC(=O)Nc1nc2cc(-c3cnc(NCC)nc3)ccc2[nH]1. The van der Waals surface area contributed by atoms with Crippen molar-refractivity contribution in [2.45, 2.75) is 13.8 Å². The molecule has 124 valence electrons. The second-order valence-electron chi connectivity index (χ2n) is 5.13. The fourth-order valence-electron chi connectivity index (χ4n) is 2.28. The van der Waals surface area contributed by atoms with Gasteiger partial charge in [-0.3, -0.25) is 5.32 Å². The molecule has 3 aromatic rings. The first-order chi connectivity index (χ1) is 11.7. The number of benzene rings is 1. The maximum Gasteiger partial charge on any atom is 0.321 e. The van der Waals surface area contributed by atoms with Gasteiger partial charge in [-0.25, -0.2) is 19.7 Å². The van der Waals surface area contributed by atoms with Gasteiger partial charge in [-0.2, -0.15) is 0 Å². The van der Waals surface area contributed by atoms with Gasteiger partial charge in [-0.05, 0) is 31.5 Å². The maximum absolute atomic E-state index is 11.6. The normalized spacial score (nSPS) is 10.6. The van der Waals surface area contributed by atoms with Gasteiger partial charge in [0.15, 0.2) is 0 Å². The molecular weight excluding hydrogens is 306 g/mol. The topological polar surface area (TPSA) is 108 Å². The van der Waals surface area contributed by atoms with Crippen molar-refractivity contribution in [3.05, 3.63) is 30.6 Å². The molecule has 0 bridgehead atoms. The van der Waals surface area contributed by atoms with E-state index in [1.807, 2.05) is 32.0 Å². The van der Waals surface area contributed by atoms with Crippen LogP contribution < -0.4 is 16.0 Å². The lowest BCUT2D eigenvalue weighted by Gasteiger charge is -2.03. The zero-order valence-corrected chi connectivity index (χ0v) is 13.6. The van der Waals surface area contributed by atoms with E-state index in [1.165, 1.54) is 0 Å². The number of nitrogens with zero attached hydrogens (tertiary/aromatic N) is 3. The molecule has 24 heavy (non-hydrogen) atoms. The maximum atomic E-state index is 11.6. The van der Waals surface area contributed by atoms with Crippen LogP contribution >= 0.6 is 0 Å². The molecule has 0 atom stereocenters. The number of hydrogen-bond acceptors (Lipinski definition) is 5. The van der Waals surface area contributed by atoms with Crippen molar-refractivity contribution in [2.75, 3.05) is 23.7 Å². The molecule has 8 nitrogen and oxygen atoms in total. The van der Waals surface area contributed by atoms with E-state index >= 15 is 0 Å². The van der Waals surface area contributed by atoms with Crippen LogP contribution in [0.1, 0.15) is 13.8 Å². The number of amides is 2. The van der Waals surface area contributed by atoms with Crippen LogP contribution in [-0.4, -0.2) is 39.1 Å². The molecule has 0 aliphatic rings. The number of urea groups is 1. The van der Waals surface area contributed by atoms with Crippen LogP contribution in [0.15, 0.2) is 30.6 Å². The molecule has 2 heterocycles. The number of imidazole rings is 1. The van der Waals surface area contributed by atoms with Gasteiger partial charge >= 0.3 is 6.03 Å². The van der Waals surface area contributed by atoms with E-state index in [1.54, 1.807) is 12.4 Å². The summed E-state index contributed by atoms with van der Waals surface area (Å²) in [5, 5.41) is 8.38. The van der Waals surface area contributed by atoms with E-state index in [0.717, 1.165) is 28.7 Å². The molecule has 0 aliphatic heterocycles. The Bertz CT molecular complexity index is 841. The van der Waals surface area contributed by atoms with Crippen LogP contribution in [0, 0.1) is 0 Å². The molecule has 0 saturated carbocycles. The molecule has 8 heteroatoms. The molecule has 0 fully saturated rings. The predicted octanol–water partition coefficient (Wildman–Crippen LogP) is 2.59. The average Bonchev–Trinajstić information content (AvgIpc) is 2.97. The Hall–Kier alpha value is -3.16. The molecule has 3 rings (SSSR count). The lowest BCUT2D eigenvalue weighted by Crippen LogP contribution is -2.28. The van der Waals surface area contributed by atoms with Crippen LogP contribution in [0.25, 0.3) is 22.2 Å². The summed E-state index contributed by atoms with van der Waals surface area (Å²) in [4.78, 5) is 27.6. The number of rotatable bonds is 5. The number of aromatic amines is 1. The number of nitrogens with one attached hydrogen (secondary N) is 4. The summed E-state index contributed by atoms with van der Waals surface area (Å²) in [5.74, 6) is 1.02. The zero-order valence-electron chi connectivity index (χ0n) is 13.6. The van der Waals surface area contributed by atoms with Crippen molar-refractivity contribution < 1.29 is 4.79 Å². The fourth-order valence-corrected chi connectivity index (χ4v) is 2.28. The zero-order chi connectivity index (χ0) is 16.9. The average molecular weight is 325 g/mol. The summed E-state index contributed by atoms with van der Waals surface area (Å²) in [5.41, 5.74) is 3.46. The molecule has 4 N–H and O–H groups in total. The molecule has 0 spiro atoms. The highest BCUT2D eigenvalue weighted by molar-refractivity contribution is 5.90. The summed E-state index contributed by atoms with van der Waals surface area (Å²) >= 11 is 0. The number of hydrogen-bond donors (Lipinski definition) is 4. The number of carbonyl (C=O) groups excluding carboxylic acids is 1. The van der Waals surface area contributed by atoms with Gasteiger partial charge in [0.05, 0.1) is 11.0 Å². The number of carbonyl (C=O) groups is 1. The summed E-state index contributed by atoms with van der Waals surface area (Å²) in [7, 11) is 0. The number of anilines is 2. The largest absolute Gasteiger partial charge is 0.355 e. The van der Waals surface area contributed by atoms with E-state index in [2.05, 4.69) is 35.9 Å². The monoisotopic (exact) mass is 325 g/mol. The third kappa shape index (κ3) is 3.43. The molecule has 2 aromatic heterocycles. The highest BCUT2D eigenvalue weighted by atomic mass is 16.2. The Balaban J connectivity index is 1.84. The molecule has 0 aliphatic carbocycles. The first-order valence-corrected chi connectivity index (χ1v) is 7.80. The smallest absolute Gasteiger partial charge is 0.321 e. The van der Waals surface area contributed by atoms with Crippen LogP contribution in [0.3, 0.4) is 0 Å². The quantitative estimate of drug-likeness (QED) is 0.577. The predicted molar refractivity (Wildman–Crippen MR) is 94.0 cm³/mol. The summed E-state index contributed by atoms with van der Waals surface area (Å²) in [6.45, 7) is 5.18. The third-order valence-corrected chi connectivity index (χ3v) is 3.37. The lowest BCUT2D eigenvalue weighted by molar-refractivity contribution is 0.252. The lowest BCUT2D eigenvalue weighted by atomic mass is 10.1. The van der Waals surface area contributed by atoms with Crippen LogP contribution in [0.5, 0.6) is 0 Å². The Kier molecular flexibility index (Phi) is 4.55. The second kappa shape index (κ2) is 6.95. The van der Waals surface area contributed by atoms with Gasteiger partial charge in [0.25, 0.3) is 0 Å². The summed E-state index contributed by atoms with van der Waals surface area (Å²) < 4.78 is 0. The van der Waals surface area contributed by atoms with Crippen molar-refractivity contribution in [3.8, 4) is 11.1 Å².